The van der Waals surface area contributed by atoms with Crippen LogP contribution in [0, 0.1) is 13.8 Å². The van der Waals surface area contributed by atoms with Crippen molar-refractivity contribution in [2.24, 2.45) is 0 Å². The molecule has 0 aromatic heterocycles. The minimum atomic E-state index is 0. The molecule has 4 rings (SSSR count). The first-order chi connectivity index (χ1) is 12.5. The molecule has 0 bridgehead atoms. The molecule has 0 N–H and O–H groups in total. The zero-order valence-electron chi connectivity index (χ0n) is 17.1. The maximum absolute atomic E-state index is 2.40. The van der Waals surface area contributed by atoms with Crippen LogP contribution in [0.25, 0.3) is 21.5 Å². The van der Waals surface area contributed by atoms with Gasteiger partial charge in [-0.15, -0.1) is 81.2 Å². The summed E-state index contributed by atoms with van der Waals surface area (Å²) in [6.07, 6.45) is 1.40. The summed E-state index contributed by atoms with van der Waals surface area (Å²) >= 11 is 1.79. The Labute approximate surface area is 197 Å². The van der Waals surface area contributed by atoms with Crippen molar-refractivity contribution in [1.82, 2.24) is 0 Å². The molecule has 148 valence electrons. The summed E-state index contributed by atoms with van der Waals surface area (Å²) in [7, 11) is 0. The molecule has 4 heteroatoms. The zero-order valence-corrected chi connectivity index (χ0v) is 22.1. The average molecular weight is 507 g/mol. The molecule has 0 nitrogen and oxygen atoms in total. The van der Waals surface area contributed by atoms with E-state index in [1.165, 1.54) is 45.1 Å². The van der Waals surface area contributed by atoms with Gasteiger partial charge in [0, 0.05) is 0 Å². The van der Waals surface area contributed by atoms with Crippen LogP contribution in [0.4, 0.5) is 0 Å². The second-order valence-electron chi connectivity index (χ2n) is 6.85. The van der Waals surface area contributed by atoms with Crippen LogP contribution in [0.3, 0.4) is 0 Å². The fourth-order valence-corrected chi connectivity index (χ4v) is 5.58. The van der Waals surface area contributed by atoms with Crippen LogP contribution in [0.15, 0.2) is 72.8 Å². The Hall–Kier alpha value is -0.660. The Morgan fingerprint density at radius 1 is 0.786 bits per heavy atom. The van der Waals surface area contributed by atoms with Crippen molar-refractivity contribution in [2.75, 3.05) is 0 Å². The van der Waals surface area contributed by atoms with Crippen LogP contribution >= 0.6 is 0 Å². The number of hydrogen-bond acceptors (Lipinski definition) is 0. The molecule has 0 spiro atoms. The molecule has 28 heavy (non-hydrogen) atoms. The number of benzene rings is 2. The Bertz CT molecular complexity index is 831. The molecule has 0 amide bonds. The molecule has 0 saturated carbocycles. The third kappa shape index (κ3) is 9.23. The fraction of sp³-hybridized carbons (Fsp3) is 0.250. The first kappa shape index (κ1) is 27.3. The first-order valence-electron chi connectivity index (χ1n) is 9.27. The van der Waals surface area contributed by atoms with Crippen molar-refractivity contribution in [1.29, 1.82) is 0 Å². The molecule has 0 unspecified atom stereocenters. The van der Waals surface area contributed by atoms with E-state index in [0.29, 0.717) is 0 Å². The van der Waals surface area contributed by atoms with E-state index in [0.717, 1.165) is 0 Å². The molecule has 0 fully saturated rings. The quantitative estimate of drug-likeness (QED) is 0.284. The first-order valence-corrected chi connectivity index (χ1v) is 15.2. The zero-order chi connectivity index (χ0) is 18.9. The van der Waals surface area contributed by atoms with Crippen LogP contribution in [-0.4, -0.2) is 5.43 Å². The smallest absolute Gasteiger partial charge is 0.0579 e. The van der Waals surface area contributed by atoms with Crippen molar-refractivity contribution in [3.05, 3.63) is 83.9 Å². The van der Waals surface area contributed by atoms with Crippen LogP contribution in [0.5, 0.6) is 0 Å². The van der Waals surface area contributed by atoms with Gasteiger partial charge in [0.05, 0.1) is 0 Å². The molecular weight excluding hydrogens is 478 g/mol. The molecule has 4 aromatic rings. The molecule has 0 heterocycles. The second kappa shape index (κ2) is 14.3. The molecular formula is C24H28Cl2SiZr-2. The predicted octanol–water partition coefficient (Wildman–Crippen LogP) is 1.31. The molecule has 4 aromatic carbocycles. The summed E-state index contributed by atoms with van der Waals surface area (Å²) in [4.78, 5) is 0. The van der Waals surface area contributed by atoms with Crippen LogP contribution in [0.1, 0.15) is 24.5 Å². The van der Waals surface area contributed by atoms with Gasteiger partial charge in [-0.2, -0.15) is 12.1 Å². The maximum atomic E-state index is 2.40. The summed E-state index contributed by atoms with van der Waals surface area (Å²) in [6.45, 7) is 8.91. The molecule has 0 aliphatic rings. The van der Waals surface area contributed by atoms with Crippen molar-refractivity contribution in [3.8, 4) is 0 Å². The van der Waals surface area contributed by atoms with Crippen LogP contribution < -0.4 is 24.8 Å². The average Bonchev–Trinajstić information content (AvgIpc) is 3.16. The van der Waals surface area contributed by atoms with Crippen LogP contribution in [-0.2, 0) is 23.3 Å². The van der Waals surface area contributed by atoms with Gasteiger partial charge in [-0.3, -0.25) is 0 Å². The number of aryl methyl sites for hydroxylation is 2. The Kier molecular flexibility index (Phi) is 14.0. The van der Waals surface area contributed by atoms with Gasteiger partial charge in [0.1, 0.15) is 0 Å². The SMILES string of the molecule is CCC[Si](C)=[Zr+2].Cc1cc2ccccc2[cH-]1.Cc1cc2ccccc2[cH-]1.[Cl-].[Cl-]. The standard InChI is InChI=1S/2C10H9.C4H10Si.2ClH.Zr/c2*1-8-6-9-4-2-3-5-10(9)7-8;1-3-4-5-2;;;/h2*2-7H,1H3;3-4H2,1-2H3;2*1H;/q2*-1;;;;+2/p-2. The van der Waals surface area contributed by atoms with E-state index in [1.807, 2.05) is 0 Å². The molecule has 0 atom stereocenters. The maximum Gasteiger partial charge on any atom is -0.0579 e. The van der Waals surface area contributed by atoms with E-state index in [2.05, 4.69) is 100 Å². The van der Waals surface area contributed by atoms with Crippen molar-refractivity contribution < 1.29 is 48.1 Å². The third-order valence-electron chi connectivity index (χ3n) is 4.15. The fourth-order valence-electron chi connectivity index (χ4n) is 2.99. The Morgan fingerprint density at radius 2 is 1.18 bits per heavy atom. The van der Waals surface area contributed by atoms with Gasteiger partial charge in [-0.1, -0.05) is 26.0 Å². The molecule has 0 saturated heterocycles. The van der Waals surface area contributed by atoms with E-state index in [-0.39, 0.29) is 30.2 Å². The minimum Gasteiger partial charge on any atom is -1.00 e. The van der Waals surface area contributed by atoms with E-state index in [1.54, 1.807) is 23.3 Å². The Morgan fingerprint density at radius 3 is 1.46 bits per heavy atom. The van der Waals surface area contributed by atoms with E-state index in [4.69, 9.17) is 0 Å². The van der Waals surface area contributed by atoms with Gasteiger partial charge < -0.3 is 24.8 Å². The number of hydrogen-bond donors (Lipinski definition) is 0. The topological polar surface area (TPSA) is 0 Å². The van der Waals surface area contributed by atoms with Crippen molar-refractivity contribution in [3.63, 3.8) is 0 Å². The van der Waals surface area contributed by atoms with E-state index >= 15 is 0 Å². The normalized spacial score (nSPS) is 9.36. The van der Waals surface area contributed by atoms with Crippen molar-refractivity contribution in [2.45, 2.75) is 39.8 Å². The summed E-state index contributed by atoms with van der Waals surface area (Å²) in [6, 6.07) is 27.2. The number of rotatable bonds is 2. The predicted molar refractivity (Wildman–Crippen MR) is 115 cm³/mol. The van der Waals surface area contributed by atoms with Gasteiger partial charge in [-0.25, -0.2) is 0 Å². The minimum absolute atomic E-state index is 0. The largest absolute Gasteiger partial charge is 1.00 e. The van der Waals surface area contributed by atoms with Crippen molar-refractivity contribution >= 4 is 27.0 Å². The van der Waals surface area contributed by atoms with Gasteiger partial charge in [-0.05, 0) is 0 Å². The second-order valence-corrected chi connectivity index (χ2v) is 15.2. The van der Waals surface area contributed by atoms with Gasteiger partial charge in [0.25, 0.3) is 0 Å². The summed E-state index contributed by atoms with van der Waals surface area (Å²) in [5, 5.41) is 5.39. The summed E-state index contributed by atoms with van der Waals surface area (Å²) in [5.74, 6) is 0. The van der Waals surface area contributed by atoms with Crippen LogP contribution in [0.2, 0.25) is 12.6 Å². The monoisotopic (exact) mass is 504 g/mol. The number of halogens is 2. The van der Waals surface area contributed by atoms with Gasteiger partial charge in [0.2, 0.25) is 0 Å². The number of fused-ring (bicyclic) bond motifs is 2. The third-order valence-corrected chi connectivity index (χ3v) is 7.24. The van der Waals surface area contributed by atoms with E-state index in [9.17, 15) is 0 Å². The van der Waals surface area contributed by atoms with Gasteiger partial charge in [0.15, 0.2) is 0 Å². The van der Waals surface area contributed by atoms with Gasteiger partial charge >= 0.3 is 54.7 Å². The Balaban J connectivity index is 0.000000391. The van der Waals surface area contributed by atoms with E-state index < -0.39 is 0 Å². The molecule has 0 aliphatic carbocycles. The summed E-state index contributed by atoms with van der Waals surface area (Å²) < 4.78 is 0. The molecule has 0 radical (unpaired) electrons. The summed E-state index contributed by atoms with van der Waals surface area (Å²) in [5.41, 5.74) is 2.90. The molecule has 0 aliphatic heterocycles.